The molecular formula is C14H25N3O. The number of hydrogen-bond acceptors (Lipinski definition) is 3. The van der Waals surface area contributed by atoms with E-state index < -0.39 is 0 Å². The molecule has 0 bridgehead atoms. The molecule has 0 aromatic carbocycles. The minimum Gasteiger partial charge on any atom is -0.381 e. The van der Waals surface area contributed by atoms with Crippen molar-refractivity contribution < 1.29 is 4.74 Å². The quantitative estimate of drug-likeness (QED) is 0.844. The molecule has 1 aromatic rings. The highest BCUT2D eigenvalue weighted by atomic mass is 16.5. The molecule has 0 amide bonds. The Hall–Kier alpha value is -0.870. The number of nitrogens with one attached hydrogen (secondary N) is 1. The molecule has 2 rings (SSSR count). The van der Waals surface area contributed by atoms with Gasteiger partial charge in [0.05, 0.1) is 5.69 Å². The monoisotopic (exact) mass is 251 g/mol. The molecule has 2 atom stereocenters. The van der Waals surface area contributed by atoms with Gasteiger partial charge in [0, 0.05) is 31.5 Å². The molecule has 1 aliphatic heterocycles. The minimum absolute atomic E-state index is 0.395. The van der Waals surface area contributed by atoms with E-state index in [1.807, 2.05) is 6.20 Å². The molecule has 4 heteroatoms. The van der Waals surface area contributed by atoms with Crippen molar-refractivity contribution in [2.45, 2.75) is 45.7 Å². The Morgan fingerprint density at radius 1 is 1.56 bits per heavy atom. The molecule has 1 saturated heterocycles. The van der Waals surface area contributed by atoms with E-state index >= 15 is 0 Å². The maximum atomic E-state index is 5.48. The fourth-order valence-electron chi connectivity index (χ4n) is 2.69. The molecule has 0 spiro atoms. The summed E-state index contributed by atoms with van der Waals surface area (Å²) in [6.07, 6.45) is 4.24. The average molecular weight is 251 g/mol. The maximum absolute atomic E-state index is 5.48. The van der Waals surface area contributed by atoms with Gasteiger partial charge in [0.25, 0.3) is 0 Å². The SMILES string of the molecule is CCNC(CC1CCOC1)c1ccnn1C(C)C. The Morgan fingerprint density at radius 2 is 2.39 bits per heavy atom. The molecule has 2 unspecified atom stereocenters. The topological polar surface area (TPSA) is 39.1 Å². The third kappa shape index (κ3) is 3.12. The van der Waals surface area contributed by atoms with Crippen LogP contribution in [-0.4, -0.2) is 29.5 Å². The maximum Gasteiger partial charge on any atom is 0.0556 e. The molecule has 1 aliphatic rings. The smallest absolute Gasteiger partial charge is 0.0556 e. The number of nitrogens with zero attached hydrogens (tertiary/aromatic N) is 2. The third-order valence-electron chi connectivity index (χ3n) is 3.59. The Labute approximate surface area is 110 Å². The zero-order valence-corrected chi connectivity index (χ0v) is 11.7. The van der Waals surface area contributed by atoms with Crippen molar-refractivity contribution in [3.63, 3.8) is 0 Å². The summed E-state index contributed by atoms with van der Waals surface area (Å²) in [4.78, 5) is 0. The highest BCUT2D eigenvalue weighted by Gasteiger charge is 2.23. The second kappa shape index (κ2) is 6.34. The molecule has 1 fully saturated rings. The first-order valence-electron chi connectivity index (χ1n) is 7.07. The summed E-state index contributed by atoms with van der Waals surface area (Å²) in [5, 5.41) is 8.03. The van der Waals surface area contributed by atoms with E-state index in [4.69, 9.17) is 4.74 Å². The second-order valence-electron chi connectivity index (χ2n) is 5.37. The molecule has 0 radical (unpaired) electrons. The number of rotatable bonds is 6. The zero-order chi connectivity index (χ0) is 13.0. The summed E-state index contributed by atoms with van der Waals surface area (Å²) < 4.78 is 7.61. The van der Waals surface area contributed by atoms with Crippen LogP contribution in [0.3, 0.4) is 0 Å². The Morgan fingerprint density at radius 3 is 3.00 bits per heavy atom. The summed E-state index contributed by atoms with van der Waals surface area (Å²) in [6, 6.07) is 2.95. The van der Waals surface area contributed by atoms with Gasteiger partial charge in [-0.3, -0.25) is 4.68 Å². The fourth-order valence-corrected chi connectivity index (χ4v) is 2.69. The molecule has 0 aliphatic carbocycles. The van der Waals surface area contributed by atoms with Crippen molar-refractivity contribution in [3.05, 3.63) is 18.0 Å². The van der Waals surface area contributed by atoms with Gasteiger partial charge in [0.15, 0.2) is 0 Å². The first-order valence-corrected chi connectivity index (χ1v) is 7.07. The van der Waals surface area contributed by atoms with Crippen molar-refractivity contribution in [2.75, 3.05) is 19.8 Å². The van der Waals surface area contributed by atoms with Crippen LogP contribution in [0.15, 0.2) is 12.3 Å². The summed E-state index contributed by atoms with van der Waals surface area (Å²) in [7, 11) is 0. The van der Waals surface area contributed by atoms with Gasteiger partial charge < -0.3 is 10.1 Å². The number of ether oxygens (including phenoxy) is 1. The summed E-state index contributed by atoms with van der Waals surface area (Å²) >= 11 is 0. The lowest BCUT2D eigenvalue weighted by Crippen LogP contribution is -2.26. The normalized spacial score (nSPS) is 21.7. The third-order valence-corrected chi connectivity index (χ3v) is 3.59. The molecule has 1 aromatic heterocycles. The van der Waals surface area contributed by atoms with Crippen LogP contribution >= 0.6 is 0 Å². The van der Waals surface area contributed by atoms with E-state index in [2.05, 4.69) is 41.9 Å². The van der Waals surface area contributed by atoms with Crippen LogP contribution in [0, 0.1) is 5.92 Å². The molecule has 1 N–H and O–H groups in total. The highest BCUT2D eigenvalue weighted by molar-refractivity contribution is 5.08. The van der Waals surface area contributed by atoms with Gasteiger partial charge >= 0.3 is 0 Å². The lowest BCUT2D eigenvalue weighted by atomic mass is 9.97. The Balaban J connectivity index is 2.09. The van der Waals surface area contributed by atoms with Gasteiger partial charge in [-0.05, 0) is 45.2 Å². The lowest BCUT2D eigenvalue weighted by Gasteiger charge is -2.23. The van der Waals surface area contributed by atoms with Crippen LogP contribution < -0.4 is 5.32 Å². The van der Waals surface area contributed by atoms with Crippen molar-refractivity contribution in [1.29, 1.82) is 0 Å². The van der Waals surface area contributed by atoms with E-state index in [0.717, 1.165) is 26.2 Å². The van der Waals surface area contributed by atoms with Crippen LogP contribution in [0.2, 0.25) is 0 Å². The van der Waals surface area contributed by atoms with Gasteiger partial charge in [0.1, 0.15) is 0 Å². The van der Waals surface area contributed by atoms with Crippen molar-refractivity contribution in [3.8, 4) is 0 Å². The zero-order valence-electron chi connectivity index (χ0n) is 11.7. The van der Waals surface area contributed by atoms with Crippen LogP contribution in [-0.2, 0) is 4.74 Å². The van der Waals surface area contributed by atoms with E-state index in [0.29, 0.717) is 18.0 Å². The predicted octanol–water partition coefficient (Wildman–Crippen LogP) is 2.54. The van der Waals surface area contributed by atoms with Crippen LogP contribution in [0.5, 0.6) is 0 Å². The molecule has 18 heavy (non-hydrogen) atoms. The minimum atomic E-state index is 0.395. The van der Waals surface area contributed by atoms with E-state index in [9.17, 15) is 0 Å². The van der Waals surface area contributed by atoms with Gasteiger partial charge in [-0.2, -0.15) is 5.10 Å². The predicted molar refractivity (Wildman–Crippen MR) is 72.6 cm³/mol. The van der Waals surface area contributed by atoms with Gasteiger partial charge in [-0.1, -0.05) is 6.92 Å². The van der Waals surface area contributed by atoms with Crippen LogP contribution in [0.4, 0.5) is 0 Å². The van der Waals surface area contributed by atoms with E-state index in [1.165, 1.54) is 12.1 Å². The molecule has 4 nitrogen and oxygen atoms in total. The lowest BCUT2D eigenvalue weighted by molar-refractivity contribution is 0.181. The summed E-state index contributed by atoms with van der Waals surface area (Å²) in [5.74, 6) is 0.685. The van der Waals surface area contributed by atoms with E-state index in [1.54, 1.807) is 0 Å². The fraction of sp³-hybridized carbons (Fsp3) is 0.786. The van der Waals surface area contributed by atoms with Crippen molar-refractivity contribution in [1.82, 2.24) is 15.1 Å². The van der Waals surface area contributed by atoms with Gasteiger partial charge in [-0.15, -0.1) is 0 Å². The molecule has 0 saturated carbocycles. The first-order chi connectivity index (χ1) is 8.72. The van der Waals surface area contributed by atoms with Gasteiger partial charge in [-0.25, -0.2) is 0 Å². The summed E-state index contributed by atoms with van der Waals surface area (Å²) in [6.45, 7) is 9.34. The number of aromatic nitrogens is 2. The van der Waals surface area contributed by atoms with Crippen LogP contribution in [0.25, 0.3) is 0 Å². The van der Waals surface area contributed by atoms with Gasteiger partial charge in [0.2, 0.25) is 0 Å². The van der Waals surface area contributed by atoms with Crippen molar-refractivity contribution >= 4 is 0 Å². The number of hydrogen-bond donors (Lipinski definition) is 1. The summed E-state index contributed by atoms with van der Waals surface area (Å²) in [5.41, 5.74) is 1.30. The van der Waals surface area contributed by atoms with Crippen LogP contribution in [0.1, 0.15) is 51.4 Å². The van der Waals surface area contributed by atoms with E-state index in [-0.39, 0.29) is 0 Å². The molecular weight excluding hydrogens is 226 g/mol. The first kappa shape index (κ1) is 13.6. The molecule has 2 heterocycles. The second-order valence-corrected chi connectivity index (χ2v) is 5.37. The van der Waals surface area contributed by atoms with Crippen molar-refractivity contribution in [2.24, 2.45) is 5.92 Å². The highest BCUT2D eigenvalue weighted by Crippen LogP contribution is 2.27. The molecule has 102 valence electrons. The largest absolute Gasteiger partial charge is 0.381 e. The standard InChI is InChI=1S/C14H25N3O/c1-4-15-13(9-12-6-8-18-10-12)14-5-7-16-17(14)11(2)3/h5,7,11-13,15H,4,6,8-10H2,1-3H3. The Bertz CT molecular complexity index is 356. The average Bonchev–Trinajstić information content (AvgIpc) is 2.99. The Kier molecular flexibility index (Phi) is 4.78.